The van der Waals surface area contributed by atoms with E-state index in [4.69, 9.17) is 4.74 Å². The highest BCUT2D eigenvalue weighted by atomic mass is 16.5. The molecule has 9 heteroatoms. The van der Waals surface area contributed by atoms with Crippen LogP contribution < -0.4 is 16.0 Å². The molecule has 9 nitrogen and oxygen atoms in total. The number of aliphatic carboxylic acids is 1. The van der Waals surface area contributed by atoms with E-state index in [1.54, 1.807) is 74.5 Å². The first-order valence-corrected chi connectivity index (χ1v) is 12.2. The molecule has 0 heterocycles. The highest BCUT2D eigenvalue weighted by Gasteiger charge is 2.29. The first kappa shape index (κ1) is 27.9. The summed E-state index contributed by atoms with van der Waals surface area (Å²) >= 11 is 0. The van der Waals surface area contributed by atoms with Crippen molar-refractivity contribution in [2.45, 2.75) is 39.0 Å². The Labute approximate surface area is 221 Å². The number of nitrogens with one attached hydrogen (secondary N) is 3. The number of carbonyl (C=O) groups is 4. The lowest BCUT2D eigenvalue weighted by molar-refractivity contribution is -0.142. The zero-order chi connectivity index (χ0) is 27.5. The van der Waals surface area contributed by atoms with Gasteiger partial charge in [0.2, 0.25) is 5.91 Å². The van der Waals surface area contributed by atoms with Crippen molar-refractivity contribution >= 4 is 29.6 Å². The summed E-state index contributed by atoms with van der Waals surface area (Å²) in [5, 5.41) is 17.5. The van der Waals surface area contributed by atoms with E-state index in [1.807, 2.05) is 24.3 Å². The van der Waals surface area contributed by atoms with E-state index < -0.39 is 30.1 Å². The summed E-state index contributed by atoms with van der Waals surface area (Å²) in [5.74, 6) is -2.42. The van der Waals surface area contributed by atoms with E-state index in [-0.39, 0.29) is 24.9 Å². The summed E-state index contributed by atoms with van der Waals surface area (Å²) < 4.78 is 5.20. The third-order valence-electron chi connectivity index (χ3n) is 5.74. The van der Waals surface area contributed by atoms with Gasteiger partial charge in [-0.2, -0.15) is 0 Å². The van der Waals surface area contributed by atoms with Crippen LogP contribution in [0.4, 0.5) is 10.5 Å². The molecule has 0 spiro atoms. The first-order valence-electron chi connectivity index (χ1n) is 12.2. The SMILES string of the molecule is CC(C)[C@H](NC(=O)OCc1ccccc1)C(=O)N[C@@H](Cc1ccc(NC(=O)c2ccccc2)cc1)C(=O)O. The second kappa shape index (κ2) is 13.6. The number of carboxylic acid groups (broad SMARTS) is 1. The van der Waals surface area contributed by atoms with Crippen molar-refractivity contribution < 1.29 is 29.0 Å². The maximum atomic E-state index is 12.9. The van der Waals surface area contributed by atoms with Gasteiger partial charge in [-0.25, -0.2) is 9.59 Å². The summed E-state index contributed by atoms with van der Waals surface area (Å²) in [6, 6.07) is 22.3. The number of ether oxygens (including phenoxy) is 1. The minimum Gasteiger partial charge on any atom is -0.480 e. The van der Waals surface area contributed by atoms with Crippen LogP contribution in [0.2, 0.25) is 0 Å². The van der Waals surface area contributed by atoms with E-state index in [2.05, 4.69) is 16.0 Å². The molecule has 0 bridgehead atoms. The molecule has 4 N–H and O–H groups in total. The van der Waals surface area contributed by atoms with Crippen LogP contribution in [0.1, 0.15) is 35.3 Å². The van der Waals surface area contributed by atoms with Gasteiger partial charge >= 0.3 is 12.1 Å². The smallest absolute Gasteiger partial charge is 0.408 e. The number of carbonyl (C=O) groups excluding carboxylic acids is 3. The molecule has 0 saturated heterocycles. The lowest BCUT2D eigenvalue weighted by atomic mass is 10.0. The van der Waals surface area contributed by atoms with E-state index in [0.29, 0.717) is 16.8 Å². The molecule has 2 atom stereocenters. The van der Waals surface area contributed by atoms with Gasteiger partial charge in [-0.05, 0) is 41.3 Å². The molecule has 0 fully saturated rings. The number of anilines is 1. The topological polar surface area (TPSA) is 134 Å². The largest absolute Gasteiger partial charge is 0.480 e. The molecule has 38 heavy (non-hydrogen) atoms. The van der Waals surface area contributed by atoms with Gasteiger partial charge in [-0.1, -0.05) is 74.5 Å². The molecule has 0 radical (unpaired) electrons. The Morgan fingerprint density at radius 3 is 1.97 bits per heavy atom. The van der Waals surface area contributed by atoms with Crippen molar-refractivity contribution in [3.05, 3.63) is 102 Å². The molecule has 0 aromatic heterocycles. The lowest BCUT2D eigenvalue weighted by Gasteiger charge is -2.24. The number of amides is 3. The van der Waals surface area contributed by atoms with E-state index in [0.717, 1.165) is 5.56 Å². The van der Waals surface area contributed by atoms with E-state index in [9.17, 15) is 24.3 Å². The monoisotopic (exact) mass is 517 g/mol. The molecule has 3 rings (SSSR count). The van der Waals surface area contributed by atoms with E-state index in [1.165, 1.54) is 0 Å². The van der Waals surface area contributed by atoms with Crippen LogP contribution in [0.25, 0.3) is 0 Å². The van der Waals surface area contributed by atoms with Gasteiger partial charge in [0.25, 0.3) is 5.91 Å². The van der Waals surface area contributed by atoms with Crippen molar-refractivity contribution in [3.63, 3.8) is 0 Å². The minimum absolute atomic E-state index is 0.0112. The van der Waals surface area contributed by atoms with Crippen molar-refractivity contribution in [3.8, 4) is 0 Å². The van der Waals surface area contributed by atoms with Crippen LogP contribution in [-0.4, -0.2) is 41.1 Å². The van der Waals surface area contributed by atoms with Gasteiger partial charge in [0, 0.05) is 17.7 Å². The predicted molar refractivity (Wildman–Crippen MR) is 142 cm³/mol. The van der Waals surface area contributed by atoms with Gasteiger partial charge < -0.3 is 25.8 Å². The Kier molecular flexibility index (Phi) is 9.99. The molecule has 3 aromatic rings. The van der Waals surface area contributed by atoms with Crippen molar-refractivity contribution in [2.24, 2.45) is 5.92 Å². The molecule has 198 valence electrons. The average Bonchev–Trinajstić information content (AvgIpc) is 2.92. The van der Waals surface area contributed by atoms with Crippen LogP contribution in [0.15, 0.2) is 84.9 Å². The standard InChI is InChI=1S/C29H31N3O6/c1-19(2)25(32-29(37)38-18-21-9-5-3-6-10-21)27(34)31-24(28(35)36)17-20-13-15-23(16-14-20)30-26(33)22-11-7-4-8-12-22/h3-16,19,24-25H,17-18H2,1-2H3,(H,30,33)(H,31,34)(H,32,37)(H,35,36)/t24-,25-/m0/s1. The first-order chi connectivity index (χ1) is 18.2. The zero-order valence-corrected chi connectivity index (χ0v) is 21.2. The van der Waals surface area contributed by atoms with E-state index >= 15 is 0 Å². The zero-order valence-electron chi connectivity index (χ0n) is 21.2. The highest BCUT2D eigenvalue weighted by molar-refractivity contribution is 6.04. The number of alkyl carbamates (subject to hydrolysis) is 1. The molecule has 0 unspecified atom stereocenters. The lowest BCUT2D eigenvalue weighted by Crippen LogP contribution is -2.54. The van der Waals surface area contributed by atoms with Crippen LogP contribution in [0.3, 0.4) is 0 Å². The average molecular weight is 518 g/mol. The van der Waals surface area contributed by atoms with Crippen molar-refractivity contribution in [1.29, 1.82) is 0 Å². The number of carboxylic acids is 1. The van der Waals surface area contributed by atoms with Crippen LogP contribution in [0.5, 0.6) is 0 Å². The number of rotatable bonds is 11. The molecule has 0 aliphatic heterocycles. The van der Waals surface area contributed by atoms with Crippen molar-refractivity contribution in [1.82, 2.24) is 10.6 Å². The fraction of sp³-hybridized carbons (Fsp3) is 0.241. The van der Waals surface area contributed by atoms with Crippen molar-refractivity contribution in [2.75, 3.05) is 5.32 Å². The van der Waals surface area contributed by atoms with Crippen LogP contribution in [0, 0.1) is 5.92 Å². The Morgan fingerprint density at radius 1 is 0.789 bits per heavy atom. The molecule has 0 aliphatic rings. The summed E-state index contributed by atoms with van der Waals surface area (Å²) in [5.41, 5.74) is 2.51. The molecule has 0 saturated carbocycles. The molecular formula is C29H31N3O6. The second-order valence-electron chi connectivity index (χ2n) is 9.05. The highest BCUT2D eigenvalue weighted by Crippen LogP contribution is 2.14. The fourth-order valence-corrected chi connectivity index (χ4v) is 3.64. The summed E-state index contributed by atoms with van der Waals surface area (Å²) in [6.45, 7) is 3.51. The van der Waals surface area contributed by atoms with Gasteiger partial charge in [0.05, 0.1) is 0 Å². The molecule has 3 aromatic carbocycles. The molecule has 0 aliphatic carbocycles. The Bertz CT molecular complexity index is 1230. The quantitative estimate of drug-likeness (QED) is 0.304. The molecular weight excluding hydrogens is 486 g/mol. The maximum absolute atomic E-state index is 12.9. The van der Waals surface area contributed by atoms with Gasteiger partial charge in [-0.3, -0.25) is 9.59 Å². The Morgan fingerprint density at radius 2 is 1.39 bits per heavy atom. The number of benzene rings is 3. The normalized spacial score (nSPS) is 12.2. The summed E-state index contributed by atoms with van der Waals surface area (Å²) in [6.07, 6.45) is -0.764. The second-order valence-corrected chi connectivity index (χ2v) is 9.05. The Balaban J connectivity index is 1.57. The third-order valence-corrected chi connectivity index (χ3v) is 5.74. The third kappa shape index (κ3) is 8.48. The van der Waals surface area contributed by atoms with Crippen LogP contribution in [-0.2, 0) is 27.4 Å². The number of hydrogen-bond acceptors (Lipinski definition) is 5. The van der Waals surface area contributed by atoms with Gasteiger partial charge in [0.15, 0.2) is 0 Å². The minimum atomic E-state index is -1.23. The van der Waals surface area contributed by atoms with Gasteiger partial charge in [-0.15, -0.1) is 0 Å². The summed E-state index contributed by atoms with van der Waals surface area (Å²) in [4.78, 5) is 49.4. The maximum Gasteiger partial charge on any atom is 0.408 e. The predicted octanol–water partition coefficient (Wildman–Crippen LogP) is 4.00. The fourth-order valence-electron chi connectivity index (χ4n) is 3.64. The Hall–Kier alpha value is -4.66. The van der Waals surface area contributed by atoms with Gasteiger partial charge in [0.1, 0.15) is 18.7 Å². The van der Waals surface area contributed by atoms with Crippen LogP contribution >= 0.6 is 0 Å². The molecule has 3 amide bonds. The number of hydrogen-bond donors (Lipinski definition) is 4. The summed E-state index contributed by atoms with van der Waals surface area (Å²) in [7, 11) is 0.